The standard InChI is InChI=1S/C38H33ClN2O5S2/c1-4-13-26-20-24(21-29(44-5-2)35(26)46-23-27-16-10-11-17-28(27)39)22-31-36(42)41-34(30-18-12-19-47-30)32(37(43)45-6-3)33(40-38(41)48-31)25-14-8-7-9-15-25/h4,7-12,14-22,34H,1,5-6,13,23H2,2-3H3/b31-22+/t34-/m1/s1. The summed E-state index contributed by atoms with van der Waals surface area (Å²) in [6, 6.07) is 24.0. The van der Waals surface area contributed by atoms with Gasteiger partial charge >= 0.3 is 5.97 Å². The van der Waals surface area contributed by atoms with Crippen LogP contribution >= 0.6 is 34.3 Å². The third kappa shape index (κ3) is 6.80. The summed E-state index contributed by atoms with van der Waals surface area (Å²) in [6.07, 6.45) is 4.15. The summed E-state index contributed by atoms with van der Waals surface area (Å²) in [4.78, 5) is 34.2. The van der Waals surface area contributed by atoms with E-state index < -0.39 is 12.0 Å². The maximum atomic E-state index is 14.3. The zero-order valence-electron chi connectivity index (χ0n) is 26.5. The molecule has 3 heterocycles. The minimum atomic E-state index is -0.700. The molecular weight excluding hydrogens is 664 g/mol. The van der Waals surface area contributed by atoms with Gasteiger partial charge < -0.3 is 14.2 Å². The van der Waals surface area contributed by atoms with Gasteiger partial charge in [0.25, 0.3) is 5.56 Å². The summed E-state index contributed by atoms with van der Waals surface area (Å²) in [7, 11) is 0. The second kappa shape index (κ2) is 15.0. The molecule has 2 aromatic heterocycles. The summed E-state index contributed by atoms with van der Waals surface area (Å²) < 4.78 is 20.0. The average Bonchev–Trinajstić information content (AvgIpc) is 3.73. The molecule has 48 heavy (non-hydrogen) atoms. The minimum Gasteiger partial charge on any atom is -0.490 e. The third-order valence-electron chi connectivity index (χ3n) is 7.63. The number of thiophene rings is 1. The lowest BCUT2D eigenvalue weighted by Gasteiger charge is -2.24. The van der Waals surface area contributed by atoms with Gasteiger partial charge in [0, 0.05) is 26.6 Å². The molecule has 5 aromatic rings. The first-order valence-electron chi connectivity index (χ1n) is 15.5. The highest BCUT2D eigenvalue weighted by Gasteiger charge is 2.35. The molecule has 1 atom stereocenters. The van der Waals surface area contributed by atoms with Crippen LogP contribution in [-0.4, -0.2) is 23.8 Å². The highest BCUT2D eigenvalue weighted by molar-refractivity contribution is 7.10. The second-order valence-corrected chi connectivity index (χ2v) is 13.2. The van der Waals surface area contributed by atoms with Crippen molar-refractivity contribution in [3.05, 3.63) is 154 Å². The van der Waals surface area contributed by atoms with Crippen molar-refractivity contribution in [1.82, 2.24) is 4.57 Å². The number of benzene rings is 3. The van der Waals surface area contributed by atoms with Gasteiger partial charge in [-0.05, 0) is 61.6 Å². The summed E-state index contributed by atoms with van der Waals surface area (Å²) in [5.41, 5.74) is 3.80. The first-order valence-corrected chi connectivity index (χ1v) is 17.6. The van der Waals surface area contributed by atoms with Crippen LogP contribution in [0.2, 0.25) is 5.02 Å². The number of esters is 1. The van der Waals surface area contributed by atoms with Crippen molar-refractivity contribution in [2.75, 3.05) is 13.2 Å². The Labute approximate surface area is 291 Å². The predicted molar refractivity (Wildman–Crippen MR) is 193 cm³/mol. The molecule has 6 rings (SSSR count). The van der Waals surface area contributed by atoms with Crippen LogP contribution in [0.15, 0.2) is 112 Å². The van der Waals surface area contributed by atoms with Gasteiger partial charge in [-0.1, -0.05) is 83.6 Å². The van der Waals surface area contributed by atoms with E-state index in [4.69, 9.17) is 30.8 Å². The molecule has 244 valence electrons. The minimum absolute atomic E-state index is 0.194. The van der Waals surface area contributed by atoms with E-state index in [0.717, 1.165) is 27.1 Å². The number of thiazole rings is 1. The summed E-state index contributed by atoms with van der Waals surface area (Å²) in [6.45, 7) is 8.49. The van der Waals surface area contributed by atoms with Gasteiger partial charge in [0.1, 0.15) is 12.6 Å². The van der Waals surface area contributed by atoms with Gasteiger partial charge in [-0.2, -0.15) is 0 Å². The smallest absolute Gasteiger partial charge is 0.338 e. The first kappa shape index (κ1) is 33.2. The molecule has 7 nitrogen and oxygen atoms in total. The molecule has 0 aliphatic carbocycles. The van der Waals surface area contributed by atoms with Crippen molar-refractivity contribution in [3.8, 4) is 11.5 Å². The lowest BCUT2D eigenvalue weighted by atomic mass is 9.97. The molecule has 0 saturated carbocycles. The fraction of sp³-hybridized carbons (Fsp3) is 0.184. The Hall–Kier alpha value is -4.70. The molecule has 0 saturated heterocycles. The molecule has 0 fully saturated rings. The van der Waals surface area contributed by atoms with Crippen molar-refractivity contribution in [1.29, 1.82) is 0 Å². The number of nitrogens with zero attached hydrogens (tertiary/aromatic N) is 2. The summed E-state index contributed by atoms with van der Waals surface area (Å²) >= 11 is 9.15. The maximum Gasteiger partial charge on any atom is 0.338 e. The summed E-state index contributed by atoms with van der Waals surface area (Å²) in [5.74, 6) is 0.644. The monoisotopic (exact) mass is 696 g/mol. The molecule has 1 aliphatic heterocycles. The molecule has 10 heteroatoms. The molecule has 0 radical (unpaired) electrons. The Morgan fingerprint density at radius 3 is 2.50 bits per heavy atom. The normalized spacial score (nSPS) is 14.3. The Balaban J connectivity index is 1.51. The average molecular weight is 697 g/mol. The van der Waals surface area contributed by atoms with Gasteiger partial charge in [0.05, 0.1) is 29.0 Å². The van der Waals surface area contributed by atoms with E-state index >= 15 is 0 Å². The van der Waals surface area contributed by atoms with Crippen LogP contribution in [0.25, 0.3) is 11.8 Å². The molecule has 0 amide bonds. The van der Waals surface area contributed by atoms with E-state index in [-0.39, 0.29) is 18.8 Å². The lowest BCUT2D eigenvalue weighted by Crippen LogP contribution is -2.39. The van der Waals surface area contributed by atoms with Crippen molar-refractivity contribution in [3.63, 3.8) is 0 Å². The van der Waals surface area contributed by atoms with E-state index in [1.807, 2.05) is 97.2 Å². The van der Waals surface area contributed by atoms with Crippen LogP contribution in [0, 0.1) is 0 Å². The van der Waals surface area contributed by atoms with E-state index in [9.17, 15) is 9.59 Å². The number of halogens is 1. The number of aromatic nitrogens is 1. The lowest BCUT2D eigenvalue weighted by molar-refractivity contribution is -0.138. The quantitative estimate of drug-likeness (QED) is 0.101. The van der Waals surface area contributed by atoms with E-state index in [1.54, 1.807) is 17.6 Å². The molecule has 0 N–H and O–H groups in total. The molecule has 0 spiro atoms. The van der Waals surface area contributed by atoms with Gasteiger partial charge in [-0.25, -0.2) is 9.79 Å². The summed E-state index contributed by atoms with van der Waals surface area (Å²) in [5, 5.41) is 2.55. The highest BCUT2D eigenvalue weighted by Crippen LogP contribution is 2.38. The number of hydrogen-bond donors (Lipinski definition) is 0. The van der Waals surface area contributed by atoms with Crippen molar-refractivity contribution in [2.24, 2.45) is 4.99 Å². The van der Waals surface area contributed by atoms with Crippen LogP contribution in [-0.2, 0) is 22.6 Å². The van der Waals surface area contributed by atoms with Gasteiger partial charge in [0.15, 0.2) is 16.3 Å². The van der Waals surface area contributed by atoms with Crippen LogP contribution in [0.4, 0.5) is 0 Å². The maximum absolute atomic E-state index is 14.3. The SMILES string of the molecule is C=CCc1cc(/C=c2/sc3n(c2=O)[C@H](c2cccs2)C(C(=O)OCC)=C(c2ccccc2)N=3)cc(OCC)c1OCc1ccccc1Cl. The second-order valence-electron chi connectivity index (χ2n) is 10.8. The van der Waals surface area contributed by atoms with Crippen molar-refractivity contribution < 1.29 is 19.0 Å². The van der Waals surface area contributed by atoms with Crippen LogP contribution in [0.1, 0.15) is 47.0 Å². The number of carbonyl (C=O) groups excluding carboxylic acids is 1. The Bertz CT molecular complexity index is 2170. The first-order chi connectivity index (χ1) is 23.4. The number of allylic oxidation sites excluding steroid dienone is 1. The van der Waals surface area contributed by atoms with Gasteiger partial charge in [-0.3, -0.25) is 9.36 Å². The molecule has 1 aliphatic rings. The van der Waals surface area contributed by atoms with E-state index in [0.29, 0.717) is 50.2 Å². The fourth-order valence-electron chi connectivity index (χ4n) is 5.57. The molecule has 0 bridgehead atoms. The van der Waals surface area contributed by atoms with Gasteiger partial charge in [-0.15, -0.1) is 17.9 Å². The Morgan fingerprint density at radius 2 is 1.79 bits per heavy atom. The molecule has 3 aromatic carbocycles. The third-order valence-corrected chi connectivity index (χ3v) is 9.91. The Morgan fingerprint density at radius 1 is 1.00 bits per heavy atom. The zero-order chi connectivity index (χ0) is 33.6. The number of rotatable bonds is 12. The van der Waals surface area contributed by atoms with E-state index in [2.05, 4.69) is 6.58 Å². The fourth-order valence-corrected chi connectivity index (χ4v) is 7.59. The Kier molecular flexibility index (Phi) is 10.4. The van der Waals surface area contributed by atoms with E-state index in [1.165, 1.54) is 22.7 Å². The largest absolute Gasteiger partial charge is 0.490 e. The topological polar surface area (TPSA) is 79.1 Å². The van der Waals surface area contributed by atoms with Crippen molar-refractivity contribution in [2.45, 2.75) is 32.9 Å². The van der Waals surface area contributed by atoms with Crippen molar-refractivity contribution >= 4 is 52.0 Å². The van der Waals surface area contributed by atoms with Crippen LogP contribution < -0.4 is 24.4 Å². The van der Waals surface area contributed by atoms with Crippen LogP contribution in [0.5, 0.6) is 11.5 Å². The number of ether oxygens (including phenoxy) is 3. The highest BCUT2D eigenvalue weighted by atomic mass is 35.5. The zero-order valence-corrected chi connectivity index (χ0v) is 28.9. The number of carbonyl (C=O) groups is 1. The van der Waals surface area contributed by atoms with Gasteiger partial charge in [0.2, 0.25) is 0 Å². The number of fused-ring (bicyclic) bond motifs is 1. The van der Waals surface area contributed by atoms with Crippen LogP contribution in [0.3, 0.4) is 0 Å². The molecular formula is C38H33ClN2O5S2. The molecule has 0 unspecified atom stereocenters. The predicted octanol–water partition coefficient (Wildman–Crippen LogP) is 7.36. The number of hydrogen-bond acceptors (Lipinski definition) is 8.